The van der Waals surface area contributed by atoms with Gasteiger partial charge in [-0.25, -0.2) is 0 Å². The van der Waals surface area contributed by atoms with Crippen LogP contribution in [0.2, 0.25) is 0 Å². The molecule has 1 aliphatic heterocycles. The number of aryl methyl sites for hydroxylation is 2. The molecule has 1 heterocycles. The largest absolute Gasteiger partial charge is 0.334 e. The van der Waals surface area contributed by atoms with E-state index in [1.54, 1.807) is 0 Å². The lowest BCUT2D eigenvalue weighted by molar-refractivity contribution is 0.0713. The third kappa shape index (κ3) is 2.67. The molecule has 2 aromatic carbocycles. The lowest BCUT2D eigenvalue weighted by Gasteiger charge is -2.28. The van der Waals surface area contributed by atoms with E-state index in [0.717, 1.165) is 23.2 Å². The van der Waals surface area contributed by atoms with Crippen molar-refractivity contribution in [1.29, 1.82) is 0 Å². The molecule has 2 N–H and O–H groups in total. The fourth-order valence-corrected chi connectivity index (χ4v) is 4.37. The van der Waals surface area contributed by atoms with Crippen molar-refractivity contribution in [2.75, 3.05) is 13.1 Å². The van der Waals surface area contributed by atoms with Crippen LogP contribution in [0.3, 0.4) is 0 Å². The average Bonchev–Trinajstić information content (AvgIpc) is 3.27. The fraction of sp³-hybridized carbons (Fsp3) is 0.409. The lowest BCUT2D eigenvalue weighted by atomic mass is 9.91. The summed E-state index contributed by atoms with van der Waals surface area (Å²) in [4.78, 5) is 15.4. The number of piperidine rings is 1. The molecule has 3 heteroatoms. The van der Waals surface area contributed by atoms with Gasteiger partial charge in [0.1, 0.15) is 0 Å². The number of hydrogen-bond donors (Lipinski definition) is 1. The second-order valence-electron chi connectivity index (χ2n) is 7.72. The van der Waals surface area contributed by atoms with Crippen LogP contribution in [0.25, 0.3) is 11.1 Å². The van der Waals surface area contributed by atoms with Gasteiger partial charge in [0.2, 0.25) is 0 Å². The number of rotatable bonds is 3. The lowest BCUT2D eigenvalue weighted by Crippen LogP contribution is -2.43. The van der Waals surface area contributed by atoms with Crippen LogP contribution in [-0.4, -0.2) is 29.9 Å². The van der Waals surface area contributed by atoms with Crippen LogP contribution in [-0.2, 0) is 0 Å². The Morgan fingerprint density at radius 3 is 2.72 bits per heavy atom. The number of likely N-dealkylation sites (tertiary alicyclic amines) is 1. The predicted molar refractivity (Wildman–Crippen MR) is 102 cm³/mol. The molecule has 130 valence electrons. The molecule has 1 aliphatic carbocycles. The summed E-state index contributed by atoms with van der Waals surface area (Å²) in [5, 5.41) is 0. The van der Waals surface area contributed by atoms with Crippen molar-refractivity contribution < 1.29 is 4.79 Å². The minimum atomic E-state index is 0.138. The Balaban J connectivity index is 1.78. The highest BCUT2D eigenvalue weighted by Gasteiger charge is 2.53. The number of benzene rings is 2. The normalized spacial score (nSPS) is 24.3. The van der Waals surface area contributed by atoms with Gasteiger partial charge in [0.05, 0.1) is 0 Å². The summed E-state index contributed by atoms with van der Waals surface area (Å²) in [6, 6.07) is 12.7. The number of carbonyl (C=O) groups excluding carboxylic acids is 1. The first-order valence-corrected chi connectivity index (χ1v) is 9.19. The molecule has 3 nitrogen and oxygen atoms in total. The zero-order chi connectivity index (χ0) is 17.7. The van der Waals surface area contributed by atoms with E-state index in [9.17, 15) is 4.79 Å². The second-order valence-corrected chi connectivity index (χ2v) is 7.72. The molecule has 0 bridgehead atoms. The zero-order valence-corrected chi connectivity index (χ0v) is 15.3. The molecule has 1 saturated heterocycles. The van der Waals surface area contributed by atoms with Gasteiger partial charge in [-0.1, -0.05) is 35.9 Å². The molecule has 1 saturated carbocycles. The van der Waals surface area contributed by atoms with E-state index in [2.05, 4.69) is 45.0 Å². The van der Waals surface area contributed by atoms with Crippen molar-refractivity contribution in [1.82, 2.24) is 4.90 Å². The molecule has 2 fully saturated rings. The first-order chi connectivity index (χ1) is 12.0. The van der Waals surface area contributed by atoms with E-state index < -0.39 is 0 Å². The van der Waals surface area contributed by atoms with Crippen LogP contribution in [0.5, 0.6) is 0 Å². The molecular formula is C22H26N2O. The van der Waals surface area contributed by atoms with Crippen LogP contribution < -0.4 is 5.73 Å². The maximum absolute atomic E-state index is 13.4. The Kier molecular flexibility index (Phi) is 3.92. The molecule has 4 rings (SSSR count). The number of carbonyl (C=O) groups is 1. The minimum Gasteiger partial charge on any atom is -0.334 e. The monoisotopic (exact) mass is 334 g/mol. The second kappa shape index (κ2) is 5.99. The Morgan fingerprint density at radius 2 is 1.96 bits per heavy atom. The van der Waals surface area contributed by atoms with Gasteiger partial charge in [-0.05, 0) is 67.3 Å². The van der Waals surface area contributed by atoms with Gasteiger partial charge in [-0.3, -0.25) is 4.79 Å². The predicted octanol–water partition coefficient (Wildman–Crippen LogP) is 3.70. The molecular weight excluding hydrogens is 308 g/mol. The van der Waals surface area contributed by atoms with Crippen LogP contribution in [0, 0.1) is 32.6 Å². The first-order valence-electron chi connectivity index (χ1n) is 9.19. The molecule has 25 heavy (non-hydrogen) atoms. The van der Waals surface area contributed by atoms with Crippen molar-refractivity contribution in [3.63, 3.8) is 0 Å². The molecule has 1 amide bonds. The summed E-state index contributed by atoms with van der Waals surface area (Å²) < 4.78 is 0. The van der Waals surface area contributed by atoms with Crippen molar-refractivity contribution in [2.24, 2.45) is 17.6 Å². The summed E-state index contributed by atoms with van der Waals surface area (Å²) in [6.07, 6.45) is 1.24. The van der Waals surface area contributed by atoms with Crippen LogP contribution >= 0.6 is 0 Å². The molecule has 3 atom stereocenters. The van der Waals surface area contributed by atoms with Gasteiger partial charge in [-0.15, -0.1) is 0 Å². The number of amides is 1. The number of nitrogens with two attached hydrogens (primary N) is 1. The van der Waals surface area contributed by atoms with Crippen molar-refractivity contribution in [2.45, 2.75) is 33.2 Å². The summed E-state index contributed by atoms with van der Waals surface area (Å²) in [5.74, 6) is 1.44. The highest BCUT2D eigenvalue weighted by molar-refractivity contribution is 6.02. The van der Waals surface area contributed by atoms with Gasteiger partial charge in [0, 0.05) is 24.7 Å². The SMILES string of the molecule is Cc1ccc(C(=O)N2C[C@H]3C[C@H]3[C@H]2CN)c(-c2cccc(C)c2C)c1. The molecule has 0 aromatic heterocycles. The molecule has 2 aromatic rings. The molecule has 0 unspecified atom stereocenters. The van der Waals surface area contributed by atoms with Gasteiger partial charge in [-0.2, -0.15) is 0 Å². The Hall–Kier alpha value is -2.13. The standard InChI is InChI=1S/C22H26N2O/c1-13-7-8-18(20(9-13)17-6-4-5-14(2)15(17)3)22(25)24-12-16-10-19(16)21(24)11-23/h4-9,16,19,21H,10-12,23H2,1-3H3/t16-,19-,21-/m1/s1. The highest BCUT2D eigenvalue weighted by atomic mass is 16.2. The van der Waals surface area contributed by atoms with Crippen LogP contribution in [0.4, 0.5) is 0 Å². The van der Waals surface area contributed by atoms with Crippen LogP contribution in [0.15, 0.2) is 36.4 Å². The summed E-state index contributed by atoms with van der Waals surface area (Å²) in [7, 11) is 0. The maximum Gasteiger partial charge on any atom is 0.254 e. The Labute approximate surface area is 149 Å². The highest BCUT2D eigenvalue weighted by Crippen LogP contribution is 2.49. The van der Waals surface area contributed by atoms with Gasteiger partial charge >= 0.3 is 0 Å². The summed E-state index contributed by atoms with van der Waals surface area (Å²) in [6.45, 7) is 7.77. The van der Waals surface area contributed by atoms with E-state index >= 15 is 0 Å². The number of nitrogens with zero attached hydrogens (tertiary/aromatic N) is 1. The first kappa shape index (κ1) is 16.3. The van der Waals surface area contributed by atoms with E-state index in [4.69, 9.17) is 5.73 Å². The third-order valence-corrected chi connectivity index (χ3v) is 6.11. The summed E-state index contributed by atoms with van der Waals surface area (Å²) >= 11 is 0. The van der Waals surface area contributed by atoms with Gasteiger partial charge < -0.3 is 10.6 Å². The van der Waals surface area contributed by atoms with E-state index in [0.29, 0.717) is 18.4 Å². The summed E-state index contributed by atoms with van der Waals surface area (Å²) in [5.41, 5.74) is 12.6. The van der Waals surface area contributed by atoms with Crippen LogP contribution in [0.1, 0.15) is 33.5 Å². The Bertz CT molecular complexity index is 842. The van der Waals surface area contributed by atoms with Crippen molar-refractivity contribution in [3.05, 3.63) is 58.7 Å². The minimum absolute atomic E-state index is 0.138. The maximum atomic E-state index is 13.4. The molecule has 0 spiro atoms. The third-order valence-electron chi connectivity index (χ3n) is 6.11. The van der Waals surface area contributed by atoms with Gasteiger partial charge in [0.25, 0.3) is 5.91 Å². The zero-order valence-electron chi connectivity index (χ0n) is 15.3. The Morgan fingerprint density at radius 1 is 1.16 bits per heavy atom. The number of fused-ring (bicyclic) bond motifs is 1. The number of hydrogen-bond acceptors (Lipinski definition) is 2. The fourth-order valence-electron chi connectivity index (χ4n) is 4.37. The quantitative estimate of drug-likeness (QED) is 0.930. The van der Waals surface area contributed by atoms with Crippen molar-refractivity contribution in [3.8, 4) is 11.1 Å². The van der Waals surface area contributed by atoms with E-state index in [1.807, 2.05) is 17.0 Å². The topological polar surface area (TPSA) is 46.3 Å². The van der Waals surface area contributed by atoms with Crippen molar-refractivity contribution >= 4 is 5.91 Å². The smallest absolute Gasteiger partial charge is 0.254 e. The van der Waals surface area contributed by atoms with E-state index in [-0.39, 0.29) is 11.9 Å². The van der Waals surface area contributed by atoms with Gasteiger partial charge in [0.15, 0.2) is 0 Å². The average molecular weight is 334 g/mol. The molecule has 2 aliphatic rings. The molecule has 0 radical (unpaired) electrons. The van der Waals surface area contributed by atoms with E-state index in [1.165, 1.54) is 23.1 Å².